The Morgan fingerprint density at radius 3 is 2.67 bits per heavy atom. The molecule has 0 amide bonds. The number of hydrogen-bond donors (Lipinski definition) is 2. The van der Waals surface area contributed by atoms with E-state index in [0.717, 1.165) is 0 Å². The molecule has 118 valence electrons. The summed E-state index contributed by atoms with van der Waals surface area (Å²) in [6.45, 7) is 2.81. The second-order valence-electron chi connectivity index (χ2n) is 5.04. The number of nitrogens with two attached hydrogens (primary N) is 1. The van der Waals surface area contributed by atoms with Gasteiger partial charge in [0.15, 0.2) is 0 Å². The molecule has 1 saturated carbocycles. The van der Waals surface area contributed by atoms with Crippen molar-refractivity contribution in [2.24, 2.45) is 5.73 Å². The Hall–Kier alpha value is -1.15. The number of benzene rings is 1. The molecule has 0 saturated heterocycles. The summed E-state index contributed by atoms with van der Waals surface area (Å²) in [5.74, 6) is 0.594. The van der Waals surface area contributed by atoms with Gasteiger partial charge in [-0.15, -0.1) is 0 Å². The minimum Gasteiger partial charge on any atom is -0.496 e. The van der Waals surface area contributed by atoms with Crippen LogP contribution in [0.1, 0.15) is 25.3 Å². The van der Waals surface area contributed by atoms with Gasteiger partial charge in [-0.2, -0.15) is 0 Å². The van der Waals surface area contributed by atoms with Crippen molar-refractivity contribution >= 4 is 10.0 Å². The van der Waals surface area contributed by atoms with Crippen LogP contribution in [0.3, 0.4) is 0 Å². The Balaban J connectivity index is 2.06. The van der Waals surface area contributed by atoms with E-state index in [9.17, 15) is 8.42 Å². The Morgan fingerprint density at radius 2 is 2.10 bits per heavy atom. The molecule has 21 heavy (non-hydrogen) atoms. The molecule has 0 radical (unpaired) electrons. The smallest absolute Gasteiger partial charge is 0.240 e. The van der Waals surface area contributed by atoms with Gasteiger partial charge in [0.25, 0.3) is 0 Å². The maximum Gasteiger partial charge on any atom is 0.240 e. The summed E-state index contributed by atoms with van der Waals surface area (Å²) in [7, 11) is -2.00. The van der Waals surface area contributed by atoms with Gasteiger partial charge < -0.3 is 15.2 Å². The van der Waals surface area contributed by atoms with Crippen molar-refractivity contribution < 1.29 is 17.9 Å². The third-order valence-corrected chi connectivity index (χ3v) is 5.12. The third kappa shape index (κ3) is 3.74. The average molecular weight is 314 g/mol. The van der Waals surface area contributed by atoms with Crippen LogP contribution in [0.15, 0.2) is 23.1 Å². The van der Waals surface area contributed by atoms with Gasteiger partial charge in [0.2, 0.25) is 10.0 Å². The lowest BCUT2D eigenvalue weighted by atomic mass is 9.90. The van der Waals surface area contributed by atoms with Crippen molar-refractivity contribution in [2.75, 3.05) is 13.7 Å². The molecule has 1 fully saturated rings. The topological polar surface area (TPSA) is 90.6 Å². The fourth-order valence-electron chi connectivity index (χ4n) is 2.40. The van der Waals surface area contributed by atoms with Crippen LogP contribution in [-0.4, -0.2) is 34.3 Å². The predicted molar refractivity (Wildman–Crippen MR) is 79.6 cm³/mol. The van der Waals surface area contributed by atoms with Crippen molar-refractivity contribution in [2.45, 2.75) is 43.4 Å². The first kappa shape index (κ1) is 16.2. The van der Waals surface area contributed by atoms with Crippen LogP contribution in [0.5, 0.6) is 5.75 Å². The number of ether oxygens (including phenoxy) is 2. The molecule has 2 rings (SSSR count). The van der Waals surface area contributed by atoms with Gasteiger partial charge in [-0.25, -0.2) is 13.1 Å². The summed E-state index contributed by atoms with van der Waals surface area (Å²) in [6, 6.07) is 4.65. The standard InChI is InChI=1S/C14H22N2O4S/c1-3-20-12-7-11(8-12)16-21(17,18)13-4-5-14(19-2)10(6-13)9-15/h4-6,11-12,16H,3,7-9,15H2,1-2H3. The number of methoxy groups -OCH3 is 1. The first-order chi connectivity index (χ1) is 10.00. The SMILES string of the molecule is CCOC1CC(NS(=O)(=O)c2ccc(OC)c(CN)c2)C1. The minimum absolute atomic E-state index is 0.0602. The van der Waals surface area contributed by atoms with Crippen LogP contribution in [0.25, 0.3) is 0 Å². The van der Waals surface area contributed by atoms with Crippen molar-refractivity contribution in [1.29, 1.82) is 0 Å². The van der Waals surface area contributed by atoms with E-state index in [-0.39, 0.29) is 23.6 Å². The lowest BCUT2D eigenvalue weighted by molar-refractivity contribution is -0.00475. The van der Waals surface area contributed by atoms with E-state index in [1.165, 1.54) is 13.2 Å². The lowest BCUT2D eigenvalue weighted by Gasteiger charge is -2.35. The van der Waals surface area contributed by atoms with Crippen LogP contribution >= 0.6 is 0 Å². The van der Waals surface area contributed by atoms with Crippen LogP contribution in [0, 0.1) is 0 Å². The second-order valence-corrected chi connectivity index (χ2v) is 6.76. The average Bonchev–Trinajstić information content (AvgIpc) is 2.44. The normalized spacial score (nSPS) is 21.9. The van der Waals surface area contributed by atoms with Crippen LogP contribution in [0.2, 0.25) is 0 Å². The van der Waals surface area contributed by atoms with Crippen LogP contribution in [-0.2, 0) is 21.3 Å². The quantitative estimate of drug-likeness (QED) is 0.783. The van der Waals surface area contributed by atoms with E-state index >= 15 is 0 Å². The first-order valence-electron chi connectivity index (χ1n) is 7.01. The molecule has 0 spiro atoms. The van der Waals surface area contributed by atoms with Gasteiger partial charge in [-0.1, -0.05) is 0 Å². The van der Waals surface area contributed by atoms with Gasteiger partial charge in [0.1, 0.15) is 5.75 Å². The molecule has 3 N–H and O–H groups in total. The molecule has 0 aromatic heterocycles. The van der Waals surface area contributed by atoms with E-state index in [4.69, 9.17) is 15.2 Å². The summed E-state index contributed by atoms with van der Waals surface area (Å²) in [5, 5.41) is 0. The number of hydrogen-bond acceptors (Lipinski definition) is 5. The monoisotopic (exact) mass is 314 g/mol. The maximum atomic E-state index is 12.3. The zero-order chi connectivity index (χ0) is 15.5. The van der Waals surface area contributed by atoms with E-state index in [0.29, 0.717) is 30.8 Å². The summed E-state index contributed by atoms with van der Waals surface area (Å²) in [6.07, 6.45) is 1.60. The van der Waals surface area contributed by atoms with E-state index < -0.39 is 10.0 Å². The molecular formula is C14H22N2O4S. The third-order valence-electron chi connectivity index (χ3n) is 3.60. The number of nitrogens with one attached hydrogen (secondary N) is 1. The van der Waals surface area contributed by atoms with Gasteiger partial charge in [-0.3, -0.25) is 0 Å². The minimum atomic E-state index is -3.53. The molecule has 0 aliphatic heterocycles. The molecule has 0 bridgehead atoms. The first-order valence-corrected chi connectivity index (χ1v) is 8.49. The highest BCUT2D eigenvalue weighted by Gasteiger charge is 2.33. The highest BCUT2D eigenvalue weighted by atomic mass is 32.2. The predicted octanol–water partition coefficient (Wildman–Crippen LogP) is 1.000. The van der Waals surface area contributed by atoms with Gasteiger partial charge >= 0.3 is 0 Å². The summed E-state index contributed by atoms with van der Waals surface area (Å²) >= 11 is 0. The van der Waals surface area contributed by atoms with E-state index in [2.05, 4.69) is 4.72 Å². The van der Waals surface area contributed by atoms with Gasteiger partial charge in [0, 0.05) is 24.8 Å². The van der Waals surface area contributed by atoms with E-state index in [1.54, 1.807) is 12.1 Å². The Morgan fingerprint density at radius 1 is 1.38 bits per heavy atom. The van der Waals surface area contributed by atoms with Crippen molar-refractivity contribution in [3.63, 3.8) is 0 Å². The molecule has 6 nitrogen and oxygen atoms in total. The molecular weight excluding hydrogens is 292 g/mol. The molecule has 0 unspecified atom stereocenters. The maximum absolute atomic E-state index is 12.3. The highest BCUT2D eigenvalue weighted by Crippen LogP contribution is 2.26. The molecule has 0 heterocycles. The summed E-state index contributed by atoms with van der Waals surface area (Å²) in [4.78, 5) is 0.212. The van der Waals surface area contributed by atoms with Crippen molar-refractivity contribution in [3.05, 3.63) is 23.8 Å². The van der Waals surface area contributed by atoms with Gasteiger partial charge in [0.05, 0.1) is 18.1 Å². The highest BCUT2D eigenvalue weighted by molar-refractivity contribution is 7.89. The number of rotatable bonds is 7. The number of sulfonamides is 1. The lowest BCUT2D eigenvalue weighted by Crippen LogP contribution is -2.47. The molecule has 1 aliphatic rings. The summed E-state index contributed by atoms with van der Waals surface area (Å²) in [5.41, 5.74) is 6.28. The Kier molecular flexibility index (Phi) is 5.21. The van der Waals surface area contributed by atoms with Crippen LogP contribution < -0.4 is 15.2 Å². The fourth-order valence-corrected chi connectivity index (χ4v) is 3.71. The van der Waals surface area contributed by atoms with Crippen LogP contribution in [0.4, 0.5) is 0 Å². The summed E-state index contributed by atoms with van der Waals surface area (Å²) < 4.78 is 37.9. The fraction of sp³-hybridized carbons (Fsp3) is 0.571. The molecule has 0 atom stereocenters. The van der Waals surface area contributed by atoms with E-state index in [1.807, 2.05) is 6.92 Å². The Labute approximate surface area is 125 Å². The Bertz CT molecular complexity index is 583. The molecule has 1 aliphatic carbocycles. The molecule has 7 heteroatoms. The zero-order valence-electron chi connectivity index (χ0n) is 12.3. The van der Waals surface area contributed by atoms with Gasteiger partial charge in [-0.05, 0) is 38.0 Å². The second kappa shape index (κ2) is 6.74. The largest absolute Gasteiger partial charge is 0.496 e. The van der Waals surface area contributed by atoms with Crippen molar-refractivity contribution in [3.8, 4) is 5.75 Å². The molecule has 1 aromatic rings. The van der Waals surface area contributed by atoms with Crippen molar-refractivity contribution in [1.82, 2.24) is 4.72 Å². The zero-order valence-corrected chi connectivity index (χ0v) is 13.2. The molecule has 1 aromatic carbocycles.